The molecule has 1 atom stereocenters. The number of amides is 1. The van der Waals surface area contributed by atoms with E-state index in [9.17, 15) is 18.0 Å². The van der Waals surface area contributed by atoms with Crippen LogP contribution in [0.5, 0.6) is 0 Å². The molecule has 3 rings (SSSR count). The molecular formula is C21H23NO5S. The first-order valence-corrected chi connectivity index (χ1v) is 10.6. The highest BCUT2D eigenvalue weighted by Crippen LogP contribution is 2.34. The summed E-state index contributed by atoms with van der Waals surface area (Å²) in [5.74, 6) is -0.849. The van der Waals surface area contributed by atoms with Gasteiger partial charge < -0.3 is 10.1 Å². The van der Waals surface area contributed by atoms with Crippen molar-refractivity contribution >= 4 is 21.7 Å². The van der Waals surface area contributed by atoms with Crippen LogP contribution < -0.4 is 5.32 Å². The number of carbonyl (C=O) groups excluding carboxylic acids is 2. The lowest BCUT2D eigenvalue weighted by molar-refractivity contribution is -0.152. The number of carbonyl (C=O) groups is 2. The Kier molecular flexibility index (Phi) is 5.30. The number of benzene rings is 2. The van der Waals surface area contributed by atoms with Gasteiger partial charge in [-0.05, 0) is 49.2 Å². The van der Waals surface area contributed by atoms with Crippen LogP contribution in [0.2, 0.25) is 0 Å². The number of fused-ring (bicyclic) bond motifs is 1. The lowest BCUT2D eigenvalue weighted by atomic mass is 9.95. The van der Waals surface area contributed by atoms with Crippen molar-refractivity contribution in [1.82, 2.24) is 5.32 Å². The van der Waals surface area contributed by atoms with Gasteiger partial charge in [-0.2, -0.15) is 0 Å². The van der Waals surface area contributed by atoms with Gasteiger partial charge in [0.15, 0.2) is 0 Å². The number of sulfone groups is 1. The lowest BCUT2D eigenvalue weighted by Crippen LogP contribution is -2.55. The summed E-state index contributed by atoms with van der Waals surface area (Å²) < 4.78 is 31.1. The summed E-state index contributed by atoms with van der Waals surface area (Å²) in [5.41, 5.74) is 1.32. The first-order chi connectivity index (χ1) is 13.2. The molecule has 7 heteroatoms. The Morgan fingerprint density at radius 3 is 2.25 bits per heavy atom. The zero-order valence-electron chi connectivity index (χ0n) is 16.1. The minimum absolute atomic E-state index is 0.164. The standard InChI is InChI=1S/C21H23NO5S/c1-4-27-20(24)21(22-15(3)23)12-16-7-10-19(11-17(16)13-21)28(25,26)18-8-5-14(2)6-9-18/h5-11H,4,12-13H2,1-3H3,(H,22,23). The number of hydrogen-bond donors (Lipinski definition) is 1. The largest absolute Gasteiger partial charge is 0.464 e. The van der Waals surface area contributed by atoms with Crippen LogP contribution in [0.25, 0.3) is 0 Å². The van der Waals surface area contributed by atoms with E-state index >= 15 is 0 Å². The molecule has 0 radical (unpaired) electrons. The molecule has 1 unspecified atom stereocenters. The third kappa shape index (κ3) is 3.67. The van der Waals surface area contributed by atoms with Crippen LogP contribution in [-0.4, -0.2) is 32.4 Å². The first kappa shape index (κ1) is 20.1. The molecule has 1 amide bonds. The Bertz CT molecular complexity index is 1030. The molecule has 0 fully saturated rings. The van der Waals surface area contributed by atoms with Gasteiger partial charge in [-0.15, -0.1) is 0 Å². The van der Waals surface area contributed by atoms with Crippen LogP contribution in [-0.2, 0) is 37.0 Å². The second kappa shape index (κ2) is 7.39. The summed E-state index contributed by atoms with van der Waals surface area (Å²) in [5, 5.41) is 2.72. The van der Waals surface area contributed by atoms with Gasteiger partial charge in [-0.3, -0.25) is 4.79 Å². The van der Waals surface area contributed by atoms with Gasteiger partial charge in [0, 0.05) is 19.8 Å². The fourth-order valence-electron chi connectivity index (χ4n) is 3.56. The van der Waals surface area contributed by atoms with Crippen LogP contribution in [0.4, 0.5) is 0 Å². The maximum absolute atomic E-state index is 13.0. The summed E-state index contributed by atoms with van der Waals surface area (Å²) in [6.45, 7) is 5.14. The minimum atomic E-state index is -3.67. The Hall–Kier alpha value is -2.67. The fourth-order valence-corrected chi connectivity index (χ4v) is 4.87. The van der Waals surface area contributed by atoms with Gasteiger partial charge in [-0.25, -0.2) is 13.2 Å². The molecule has 0 aliphatic heterocycles. The van der Waals surface area contributed by atoms with Gasteiger partial charge in [-0.1, -0.05) is 23.8 Å². The molecule has 1 N–H and O–H groups in total. The zero-order valence-corrected chi connectivity index (χ0v) is 16.9. The third-order valence-corrected chi connectivity index (χ3v) is 6.65. The van der Waals surface area contributed by atoms with Crippen molar-refractivity contribution in [1.29, 1.82) is 0 Å². The van der Waals surface area contributed by atoms with Crippen LogP contribution in [0.1, 0.15) is 30.5 Å². The van der Waals surface area contributed by atoms with Crippen LogP contribution >= 0.6 is 0 Å². The second-order valence-corrected chi connectivity index (χ2v) is 9.03. The smallest absolute Gasteiger partial charge is 0.332 e. The molecule has 1 aliphatic carbocycles. The Morgan fingerprint density at radius 2 is 1.64 bits per heavy atom. The molecule has 0 heterocycles. The number of ether oxygens (including phenoxy) is 1. The average Bonchev–Trinajstić information content (AvgIpc) is 3.00. The molecule has 0 aromatic heterocycles. The summed E-state index contributed by atoms with van der Waals surface area (Å²) in [7, 11) is -3.67. The van der Waals surface area contributed by atoms with Crippen molar-refractivity contribution in [3.05, 3.63) is 59.2 Å². The van der Waals surface area contributed by atoms with Crippen molar-refractivity contribution in [2.24, 2.45) is 0 Å². The lowest BCUT2D eigenvalue weighted by Gasteiger charge is -2.27. The highest BCUT2D eigenvalue weighted by molar-refractivity contribution is 7.91. The molecule has 2 aromatic carbocycles. The monoisotopic (exact) mass is 401 g/mol. The minimum Gasteiger partial charge on any atom is -0.464 e. The molecule has 0 saturated carbocycles. The maximum Gasteiger partial charge on any atom is 0.332 e. The van der Waals surface area contributed by atoms with E-state index in [1.54, 1.807) is 49.4 Å². The molecule has 28 heavy (non-hydrogen) atoms. The molecule has 0 bridgehead atoms. The van der Waals surface area contributed by atoms with Crippen LogP contribution in [0.15, 0.2) is 52.3 Å². The van der Waals surface area contributed by atoms with Crippen molar-refractivity contribution < 1.29 is 22.7 Å². The Balaban J connectivity index is 1.98. The average molecular weight is 401 g/mol. The van der Waals surface area contributed by atoms with Gasteiger partial charge in [0.05, 0.1) is 16.4 Å². The van der Waals surface area contributed by atoms with E-state index in [1.165, 1.54) is 6.92 Å². The molecular weight excluding hydrogens is 378 g/mol. The number of hydrogen-bond acceptors (Lipinski definition) is 5. The van der Waals surface area contributed by atoms with Gasteiger partial charge in [0.2, 0.25) is 15.7 Å². The number of esters is 1. The third-order valence-electron chi connectivity index (χ3n) is 4.89. The van der Waals surface area contributed by atoms with Crippen LogP contribution in [0.3, 0.4) is 0 Å². The highest BCUT2D eigenvalue weighted by Gasteiger charge is 2.46. The SMILES string of the molecule is CCOC(=O)C1(NC(C)=O)Cc2ccc(S(=O)(=O)c3ccc(C)cc3)cc2C1. The predicted octanol–water partition coefficient (Wildman–Crippen LogP) is 2.36. The molecule has 6 nitrogen and oxygen atoms in total. The second-order valence-electron chi connectivity index (χ2n) is 7.08. The van der Waals surface area contributed by atoms with E-state index in [1.807, 2.05) is 6.92 Å². The number of aryl methyl sites for hydroxylation is 1. The molecule has 0 spiro atoms. The predicted molar refractivity (Wildman–Crippen MR) is 104 cm³/mol. The zero-order chi connectivity index (χ0) is 20.5. The van der Waals surface area contributed by atoms with E-state index in [2.05, 4.69) is 5.32 Å². The Morgan fingerprint density at radius 1 is 1.04 bits per heavy atom. The number of rotatable bonds is 5. The first-order valence-electron chi connectivity index (χ1n) is 9.07. The maximum atomic E-state index is 13.0. The number of nitrogens with one attached hydrogen (secondary N) is 1. The molecule has 1 aliphatic rings. The van der Waals surface area contributed by atoms with E-state index < -0.39 is 21.3 Å². The normalized spacial score (nSPS) is 18.4. The summed E-state index contributed by atoms with van der Waals surface area (Å²) in [4.78, 5) is 24.6. The molecule has 148 valence electrons. The van der Waals surface area contributed by atoms with Gasteiger partial charge in [0.1, 0.15) is 5.54 Å². The highest BCUT2D eigenvalue weighted by atomic mass is 32.2. The van der Waals surface area contributed by atoms with E-state index in [0.717, 1.165) is 16.7 Å². The van der Waals surface area contributed by atoms with E-state index in [4.69, 9.17) is 4.74 Å². The Labute approximate surface area is 164 Å². The van der Waals surface area contributed by atoms with Crippen molar-refractivity contribution in [3.63, 3.8) is 0 Å². The van der Waals surface area contributed by atoms with Crippen molar-refractivity contribution in [2.75, 3.05) is 6.61 Å². The molecule has 2 aromatic rings. The quantitative estimate of drug-likeness (QED) is 0.777. The topological polar surface area (TPSA) is 89.5 Å². The van der Waals surface area contributed by atoms with Gasteiger partial charge >= 0.3 is 5.97 Å². The van der Waals surface area contributed by atoms with Crippen LogP contribution in [0, 0.1) is 6.92 Å². The summed E-state index contributed by atoms with van der Waals surface area (Å²) >= 11 is 0. The van der Waals surface area contributed by atoms with E-state index in [-0.39, 0.29) is 35.1 Å². The molecule has 0 saturated heterocycles. The fraction of sp³-hybridized carbons (Fsp3) is 0.333. The van der Waals surface area contributed by atoms with Crippen molar-refractivity contribution in [3.8, 4) is 0 Å². The summed E-state index contributed by atoms with van der Waals surface area (Å²) in [6.07, 6.45) is 0.462. The van der Waals surface area contributed by atoms with E-state index in [0.29, 0.717) is 0 Å². The van der Waals surface area contributed by atoms with Gasteiger partial charge in [0.25, 0.3) is 0 Å². The van der Waals surface area contributed by atoms with Crippen molar-refractivity contribution in [2.45, 2.75) is 48.9 Å². The summed E-state index contributed by atoms with van der Waals surface area (Å²) in [6, 6.07) is 11.5.